The number of hydrogen-bond acceptors (Lipinski definition) is 3. The van der Waals surface area contributed by atoms with E-state index in [-0.39, 0.29) is 24.3 Å². The molecule has 0 bridgehead atoms. The van der Waals surface area contributed by atoms with Crippen molar-refractivity contribution in [2.24, 2.45) is 0 Å². The standard InChI is InChI=1S/C19H25BrN4O2/c1-5-12(2)22-17(25)10-11-21-19(26)18-13(3)23-24(14(18)4)16-8-6-15(20)7-9-16/h6-9,12H,5,10-11H2,1-4H3,(H,21,26)(H,22,25). The zero-order valence-electron chi connectivity index (χ0n) is 15.6. The maximum absolute atomic E-state index is 12.5. The number of carbonyl (C=O) groups excluding carboxylic acids is 2. The maximum Gasteiger partial charge on any atom is 0.255 e. The van der Waals surface area contributed by atoms with Crippen LogP contribution in [0.1, 0.15) is 48.4 Å². The maximum atomic E-state index is 12.5. The van der Waals surface area contributed by atoms with Crippen LogP contribution in [0.3, 0.4) is 0 Å². The molecule has 0 aliphatic heterocycles. The number of carbonyl (C=O) groups is 2. The number of nitrogens with one attached hydrogen (secondary N) is 2. The fourth-order valence-electron chi connectivity index (χ4n) is 2.63. The lowest BCUT2D eigenvalue weighted by Crippen LogP contribution is -2.35. The van der Waals surface area contributed by atoms with E-state index >= 15 is 0 Å². The summed E-state index contributed by atoms with van der Waals surface area (Å²) >= 11 is 3.41. The van der Waals surface area contributed by atoms with Crippen LogP contribution in [0.2, 0.25) is 0 Å². The highest BCUT2D eigenvalue weighted by atomic mass is 79.9. The Balaban J connectivity index is 2.03. The van der Waals surface area contributed by atoms with Crippen LogP contribution >= 0.6 is 15.9 Å². The van der Waals surface area contributed by atoms with Crippen LogP contribution < -0.4 is 10.6 Å². The average molecular weight is 421 g/mol. The van der Waals surface area contributed by atoms with E-state index < -0.39 is 0 Å². The van der Waals surface area contributed by atoms with Crippen molar-refractivity contribution in [3.8, 4) is 5.69 Å². The normalized spacial score (nSPS) is 11.9. The molecular weight excluding hydrogens is 396 g/mol. The Morgan fingerprint density at radius 2 is 1.88 bits per heavy atom. The van der Waals surface area contributed by atoms with E-state index in [9.17, 15) is 9.59 Å². The minimum Gasteiger partial charge on any atom is -0.354 e. The Bertz CT molecular complexity index is 784. The predicted molar refractivity (Wildman–Crippen MR) is 106 cm³/mol. The third-order valence-corrected chi connectivity index (χ3v) is 4.78. The van der Waals surface area contributed by atoms with Gasteiger partial charge in [0.1, 0.15) is 0 Å². The quantitative estimate of drug-likeness (QED) is 0.721. The van der Waals surface area contributed by atoms with E-state index in [1.807, 2.05) is 52.0 Å². The van der Waals surface area contributed by atoms with Crippen molar-refractivity contribution >= 4 is 27.7 Å². The Morgan fingerprint density at radius 3 is 2.50 bits per heavy atom. The molecule has 1 heterocycles. The fourth-order valence-corrected chi connectivity index (χ4v) is 2.90. The third-order valence-electron chi connectivity index (χ3n) is 4.25. The van der Waals surface area contributed by atoms with E-state index in [2.05, 4.69) is 31.7 Å². The topological polar surface area (TPSA) is 76.0 Å². The fraction of sp³-hybridized carbons (Fsp3) is 0.421. The van der Waals surface area contributed by atoms with Gasteiger partial charge in [0.2, 0.25) is 5.91 Å². The molecule has 140 valence electrons. The Hall–Kier alpha value is -2.15. The molecule has 0 aliphatic carbocycles. The van der Waals surface area contributed by atoms with Gasteiger partial charge >= 0.3 is 0 Å². The van der Waals surface area contributed by atoms with Crippen molar-refractivity contribution in [1.82, 2.24) is 20.4 Å². The molecule has 0 radical (unpaired) electrons. The molecule has 0 saturated heterocycles. The van der Waals surface area contributed by atoms with Crippen molar-refractivity contribution in [2.45, 2.75) is 46.6 Å². The molecule has 2 aromatic rings. The van der Waals surface area contributed by atoms with Gasteiger partial charge in [0, 0.05) is 23.5 Å². The van der Waals surface area contributed by atoms with Gasteiger partial charge in [-0.25, -0.2) is 4.68 Å². The molecule has 1 unspecified atom stereocenters. The van der Waals surface area contributed by atoms with Crippen LogP contribution in [0.25, 0.3) is 5.69 Å². The number of aromatic nitrogens is 2. The van der Waals surface area contributed by atoms with Crippen molar-refractivity contribution in [1.29, 1.82) is 0 Å². The van der Waals surface area contributed by atoms with Gasteiger partial charge in [0.05, 0.1) is 22.6 Å². The first-order valence-electron chi connectivity index (χ1n) is 8.73. The highest BCUT2D eigenvalue weighted by molar-refractivity contribution is 9.10. The van der Waals surface area contributed by atoms with Gasteiger partial charge in [0.15, 0.2) is 0 Å². The van der Waals surface area contributed by atoms with E-state index in [0.717, 1.165) is 22.3 Å². The molecule has 26 heavy (non-hydrogen) atoms. The number of amides is 2. The van der Waals surface area contributed by atoms with Gasteiger partial charge in [0.25, 0.3) is 5.91 Å². The summed E-state index contributed by atoms with van der Waals surface area (Å²) in [5, 5.41) is 10.2. The summed E-state index contributed by atoms with van der Waals surface area (Å²) in [6.07, 6.45) is 1.14. The largest absolute Gasteiger partial charge is 0.354 e. The number of aryl methyl sites for hydroxylation is 1. The van der Waals surface area contributed by atoms with Gasteiger partial charge in [-0.05, 0) is 51.5 Å². The number of rotatable bonds is 7. The van der Waals surface area contributed by atoms with Crippen LogP contribution in [0.5, 0.6) is 0 Å². The van der Waals surface area contributed by atoms with Crippen LogP contribution in [0, 0.1) is 13.8 Å². The Morgan fingerprint density at radius 1 is 1.23 bits per heavy atom. The summed E-state index contributed by atoms with van der Waals surface area (Å²) in [5.41, 5.74) is 2.87. The highest BCUT2D eigenvalue weighted by Gasteiger charge is 2.19. The lowest BCUT2D eigenvalue weighted by Gasteiger charge is -2.11. The average Bonchev–Trinajstić information content (AvgIpc) is 2.89. The minimum atomic E-state index is -0.209. The molecule has 7 heteroatoms. The summed E-state index contributed by atoms with van der Waals surface area (Å²) in [6.45, 7) is 7.95. The monoisotopic (exact) mass is 420 g/mol. The molecule has 2 amide bonds. The Kier molecular flexibility index (Phi) is 6.97. The van der Waals surface area contributed by atoms with Crippen molar-refractivity contribution < 1.29 is 9.59 Å². The van der Waals surface area contributed by atoms with E-state index in [1.165, 1.54) is 0 Å². The molecule has 1 aromatic heterocycles. The number of hydrogen-bond donors (Lipinski definition) is 2. The molecule has 2 rings (SSSR count). The smallest absolute Gasteiger partial charge is 0.255 e. The van der Waals surface area contributed by atoms with Gasteiger partial charge in [-0.1, -0.05) is 22.9 Å². The molecule has 2 N–H and O–H groups in total. The second-order valence-electron chi connectivity index (χ2n) is 6.32. The first-order chi connectivity index (χ1) is 12.3. The summed E-state index contributed by atoms with van der Waals surface area (Å²) in [7, 11) is 0. The van der Waals surface area contributed by atoms with Gasteiger partial charge in [-0.15, -0.1) is 0 Å². The molecule has 1 aromatic carbocycles. The second-order valence-corrected chi connectivity index (χ2v) is 7.23. The SMILES string of the molecule is CCC(C)NC(=O)CCNC(=O)c1c(C)nn(-c2ccc(Br)cc2)c1C. The zero-order valence-corrected chi connectivity index (χ0v) is 17.2. The number of halogens is 1. The Labute approximate surface area is 162 Å². The zero-order chi connectivity index (χ0) is 19.3. The summed E-state index contributed by atoms with van der Waals surface area (Å²) < 4.78 is 2.74. The minimum absolute atomic E-state index is 0.0568. The molecule has 1 atom stereocenters. The third kappa shape index (κ3) is 4.94. The summed E-state index contributed by atoms with van der Waals surface area (Å²) in [6, 6.07) is 7.88. The predicted octanol–water partition coefficient (Wildman–Crippen LogP) is 3.29. The first kappa shape index (κ1) is 20.2. The molecule has 6 nitrogen and oxygen atoms in total. The van der Waals surface area contributed by atoms with Gasteiger partial charge < -0.3 is 10.6 Å². The molecule has 0 fully saturated rings. The van der Waals surface area contributed by atoms with Crippen molar-refractivity contribution in [2.75, 3.05) is 6.54 Å². The molecule has 0 saturated carbocycles. The van der Waals surface area contributed by atoms with E-state index in [0.29, 0.717) is 17.8 Å². The molecule has 0 spiro atoms. The van der Waals surface area contributed by atoms with Crippen LogP contribution in [-0.4, -0.2) is 34.2 Å². The lowest BCUT2D eigenvalue weighted by molar-refractivity contribution is -0.121. The van der Waals surface area contributed by atoms with Crippen LogP contribution in [0.4, 0.5) is 0 Å². The van der Waals surface area contributed by atoms with Crippen LogP contribution in [-0.2, 0) is 4.79 Å². The van der Waals surface area contributed by atoms with Crippen molar-refractivity contribution in [3.05, 3.63) is 45.7 Å². The highest BCUT2D eigenvalue weighted by Crippen LogP contribution is 2.19. The summed E-state index contributed by atoms with van der Waals surface area (Å²) in [5.74, 6) is -0.265. The van der Waals surface area contributed by atoms with E-state index in [1.54, 1.807) is 4.68 Å². The molecular formula is C19H25BrN4O2. The van der Waals surface area contributed by atoms with Gasteiger partial charge in [-0.3, -0.25) is 9.59 Å². The van der Waals surface area contributed by atoms with Crippen molar-refractivity contribution in [3.63, 3.8) is 0 Å². The van der Waals surface area contributed by atoms with Crippen LogP contribution in [0.15, 0.2) is 28.7 Å². The lowest BCUT2D eigenvalue weighted by atomic mass is 10.2. The first-order valence-corrected chi connectivity index (χ1v) is 9.52. The van der Waals surface area contributed by atoms with Gasteiger partial charge in [-0.2, -0.15) is 5.10 Å². The second kappa shape index (κ2) is 8.98. The number of nitrogens with zero attached hydrogens (tertiary/aromatic N) is 2. The molecule has 0 aliphatic rings. The number of benzene rings is 1. The van der Waals surface area contributed by atoms with E-state index in [4.69, 9.17) is 0 Å². The summed E-state index contributed by atoms with van der Waals surface area (Å²) in [4.78, 5) is 24.3.